The first-order chi connectivity index (χ1) is 9.60. The van der Waals surface area contributed by atoms with Gasteiger partial charge in [0.1, 0.15) is 0 Å². The summed E-state index contributed by atoms with van der Waals surface area (Å²) in [6.45, 7) is 7.70. The van der Waals surface area contributed by atoms with Crippen LogP contribution in [-0.4, -0.2) is 25.9 Å². The molecule has 0 unspecified atom stereocenters. The molecule has 5 nitrogen and oxygen atoms in total. The average Bonchev–Trinajstić information content (AvgIpc) is 2.43. The topological polar surface area (TPSA) is 50.8 Å². The molecule has 0 fully saturated rings. The maximum atomic E-state index is 11.3. The number of hydroxylamine groups is 1. The SMILES string of the molecule is CCOC(=O)Nc1ccc(N2CC(C)=C(C)CO2)cc1. The quantitative estimate of drug-likeness (QED) is 0.860. The van der Waals surface area contributed by atoms with Gasteiger partial charge in [-0.15, -0.1) is 0 Å². The van der Waals surface area contributed by atoms with E-state index in [-0.39, 0.29) is 0 Å². The summed E-state index contributed by atoms with van der Waals surface area (Å²) in [7, 11) is 0. The standard InChI is InChI=1S/C15H20N2O3/c1-4-19-15(18)16-13-5-7-14(8-6-13)17-9-11(2)12(3)10-20-17/h5-8H,4,9-10H2,1-3H3,(H,16,18). The number of carbonyl (C=O) groups is 1. The first-order valence-electron chi connectivity index (χ1n) is 6.69. The van der Waals surface area contributed by atoms with Crippen molar-refractivity contribution in [3.05, 3.63) is 35.4 Å². The summed E-state index contributed by atoms with van der Waals surface area (Å²) >= 11 is 0. The Balaban J connectivity index is 2.00. The van der Waals surface area contributed by atoms with E-state index in [9.17, 15) is 4.79 Å². The zero-order valence-corrected chi connectivity index (χ0v) is 12.1. The van der Waals surface area contributed by atoms with Crippen LogP contribution in [-0.2, 0) is 9.57 Å². The highest BCUT2D eigenvalue weighted by Crippen LogP contribution is 2.23. The fourth-order valence-electron chi connectivity index (χ4n) is 1.86. The summed E-state index contributed by atoms with van der Waals surface area (Å²) in [6.07, 6.45) is -0.441. The summed E-state index contributed by atoms with van der Waals surface area (Å²) in [5.74, 6) is 0. The number of ether oxygens (including phenoxy) is 1. The number of amides is 1. The largest absolute Gasteiger partial charge is 0.450 e. The van der Waals surface area contributed by atoms with Crippen LogP contribution in [0.5, 0.6) is 0 Å². The van der Waals surface area contributed by atoms with Crippen LogP contribution in [0.4, 0.5) is 16.2 Å². The second-order valence-corrected chi connectivity index (χ2v) is 4.76. The molecule has 5 heteroatoms. The van der Waals surface area contributed by atoms with Gasteiger partial charge >= 0.3 is 6.09 Å². The Morgan fingerprint density at radius 1 is 1.30 bits per heavy atom. The van der Waals surface area contributed by atoms with Crippen LogP contribution in [0.3, 0.4) is 0 Å². The lowest BCUT2D eigenvalue weighted by Gasteiger charge is -2.29. The van der Waals surface area contributed by atoms with Crippen molar-refractivity contribution in [3.63, 3.8) is 0 Å². The zero-order valence-electron chi connectivity index (χ0n) is 12.1. The number of nitrogens with zero attached hydrogens (tertiary/aromatic N) is 1. The molecule has 1 amide bonds. The van der Waals surface area contributed by atoms with Gasteiger partial charge in [-0.2, -0.15) is 0 Å². The average molecular weight is 276 g/mol. The molecule has 2 rings (SSSR count). The molecule has 1 aliphatic heterocycles. The molecule has 0 aliphatic carbocycles. The van der Waals surface area contributed by atoms with E-state index >= 15 is 0 Å². The first kappa shape index (κ1) is 14.4. The molecule has 0 spiro atoms. The summed E-state index contributed by atoms with van der Waals surface area (Å²) in [5.41, 5.74) is 4.27. The van der Waals surface area contributed by atoms with E-state index in [1.165, 1.54) is 11.1 Å². The third-order valence-electron chi connectivity index (χ3n) is 3.22. The molecule has 0 bridgehead atoms. The number of hydrogen-bond donors (Lipinski definition) is 1. The summed E-state index contributed by atoms with van der Waals surface area (Å²) in [6, 6.07) is 7.48. The van der Waals surface area contributed by atoms with Crippen molar-refractivity contribution >= 4 is 17.5 Å². The van der Waals surface area contributed by atoms with Crippen molar-refractivity contribution in [1.82, 2.24) is 0 Å². The van der Waals surface area contributed by atoms with Crippen molar-refractivity contribution in [2.75, 3.05) is 30.1 Å². The molecule has 0 saturated carbocycles. The van der Waals surface area contributed by atoms with E-state index in [4.69, 9.17) is 9.57 Å². The Kier molecular flexibility index (Phi) is 4.63. The lowest BCUT2D eigenvalue weighted by atomic mass is 10.1. The van der Waals surface area contributed by atoms with E-state index in [1.54, 1.807) is 6.92 Å². The van der Waals surface area contributed by atoms with E-state index in [2.05, 4.69) is 19.2 Å². The third kappa shape index (κ3) is 3.51. The lowest BCUT2D eigenvalue weighted by molar-refractivity contribution is 0.122. The van der Waals surface area contributed by atoms with Crippen LogP contribution in [0.15, 0.2) is 35.4 Å². The zero-order chi connectivity index (χ0) is 14.5. The highest BCUT2D eigenvalue weighted by atomic mass is 16.7. The molecule has 0 atom stereocenters. The van der Waals surface area contributed by atoms with Gasteiger partial charge in [0, 0.05) is 5.69 Å². The molecule has 1 aromatic carbocycles. The molecular formula is C15H20N2O3. The predicted octanol–water partition coefficient (Wildman–Crippen LogP) is 3.34. The predicted molar refractivity (Wildman–Crippen MR) is 78.8 cm³/mol. The summed E-state index contributed by atoms with van der Waals surface area (Å²) in [5, 5.41) is 4.52. The Morgan fingerprint density at radius 2 is 2.00 bits per heavy atom. The van der Waals surface area contributed by atoms with Gasteiger partial charge in [0.2, 0.25) is 0 Å². The monoisotopic (exact) mass is 276 g/mol. The first-order valence-corrected chi connectivity index (χ1v) is 6.69. The molecule has 0 saturated heterocycles. The van der Waals surface area contributed by atoms with Gasteiger partial charge in [0.25, 0.3) is 0 Å². The fourth-order valence-corrected chi connectivity index (χ4v) is 1.86. The highest BCUT2D eigenvalue weighted by Gasteiger charge is 2.15. The molecular weight excluding hydrogens is 256 g/mol. The molecule has 1 N–H and O–H groups in total. The van der Waals surface area contributed by atoms with Gasteiger partial charge in [-0.3, -0.25) is 10.2 Å². The molecule has 1 heterocycles. The van der Waals surface area contributed by atoms with E-state index in [0.717, 1.165) is 12.2 Å². The lowest BCUT2D eigenvalue weighted by Crippen LogP contribution is -2.31. The summed E-state index contributed by atoms with van der Waals surface area (Å²) in [4.78, 5) is 17.0. The van der Waals surface area contributed by atoms with Crippen LogP contribution >= 0.6 is 0 Å². The van der Waals surface area contributed by atoms with Gasteiger partial charge in [-0.25, -0.2) is 9.86 Å². The van der Waals surface area contributed by atoms with E-state index in [1.807, 2.05) is 29.3 Å². The Morgan fingerprint density at radius 3 is 2.60 bits per heavy atom. The van der Waals surface area contributed by atoms with E-state index in [0.29, 0.717) is 18.9 Å². The maximum Gasteiger partial charge on any atom is 0.411 e. The Labute approximate surface area is 119 Å². The molecule has 0 radical (unpaired) electrons. The number of hydrogen-bond acceptors (Lipinski definition) is 4. The second-order valence-electron chi connectivity index (χ2n) is 4.76. The minimum Gasteiger partial charge on any atom is -0.450 e. The minimum atomic E-state index is -0.441. The molecule has 0 aromatic heterocycles. The van der Waals surface area contributed by atoms with E-state index < -0.39 is 6.09 Å². The van der Waals surface area contributed by atoms with Crippen molar-refractivity contribution in [3.8, 4) is 0 Å². The molecule has 1 aromatic rings. The minimum absolute atomic E-state index is 0.358. The fraction of sp³-hybridized carbons (Fsp3) is 0.400. The van der Waals surface area contributed by atoms with Gasteiger partial charge in [-0.05, 0) is 50.6 Å². The number of nitrogens with one attached hydrogen (secondary N) is 1. The van der Waals surface area contributed by atoms with Crippen LogP contribution in [0.25, 0.3) is 0 Å². The maximum absolute atomic E-state index is 11.3. The Bertz CT molecular complexity index is 508. The van der Waals surface area contributed by atoms with Crippen molar-refractivity contribution in [2.45, 2.75) is 20.8 Å². The smallest absolute Gasteiger partial charge is 0.411 e. The van der Waals surface area contributed by atoms with Crippen LogP contribution in [0.1, 0.15) is 20.8 Å². The summed E-state index contributed by atoms with van der Waals surface area (Å²) < 4.78 is 4.83. The second kappa shape index (κ2) is 6.43. The van der Waals surface area contributed by atoms with Crippen molar-refractivity contribution in [1.29, 1.82) is 0 Å². The van der Waals surface area contributed by atoms with Crippen LogP contribution in [0, 0.1) is 0 Å². The highest BCUT2D eigenvalue weighted by molar-refractivity contribution is 5.84. The van der Waals surface area contributed by atoms with Gasteiger partial charge in [0.15, 0.2) is 0 Å². The molecule has 1 aliphatic rings. The Hall–Kier alpha value is -2.01. The number of anilines is 2. The third-order valence-corrected chi connectivity index (χ3v) is 3.22. The molecule has 20 heavy (non-hydrogen) atoms. The van der Waals surface area contributed by atoms with Gasteiger partial charge in [0.05, 0.1) is 25.4 Å². The van der Waals surface area contributed by atoms with Crippen LogP contribution in [0.2, 0.25) is 0 Å². The van der Waals surface area contributed by atoms with Crippen molar-refractivity contribution < 1.29 is 14.4 Å². The van der Waals surface area contributed by atoms with Crippen molar-refractivity contribution in [2.24, 2.45) is 0 Å². The number of carbonyl (C=O) groups excluding carboxylic acids is 1. The van der Waals surface area contributed by atoms with Gasteiger partial charge in [-0.1, -0.05) is 5.57 Å². The number of rotatable bonds is 3. The normalized spacial score (nSPS) is 15.2. The van der Waals surface area contributed by atoms with Crippen LogP contribution < -0.4 is 10.4 Å². The number of benzene rings is 1. The molecule has 108 valence electrons. The van der Waals surface area contributed by atoms with Gasteiger partial charge < -0.3 is 4.74 Å².